The summed E-state index contributed by atoms with van der Waals surface area (Å²) in [6.45, 7) is 0.873. The number of pyridine rings is 2. The maximum Gasteiger partial charge on any atom is 0.250 e. The molecule has 0 aliphatic heterocycles. The van der Waals surface area contributed by atoms with Gasteiger partial charge < -0.3 is 9.30 Å². The largest absolute Gasteiger partial charge is 0.489 e. The Morgan fingerprint density at radius 1 is 0.958 bits per heavy atom. The summed E-state index contributed by atoms with van der Waals surface area (Å²) in [6.07, 6.45) is 3.31. The predicted molar refractivity (Wildman–Crippen MR) is 94.8 cm³/mol. The van der Waals surface area contributed by atoms with Crippen molar-refractivity contribution >= 4 is 23.2 Å². The van der Waals surface area contributed by atoms with Crippen LogP contribution in [0, 0.1) is 0 Å². The van der Waals surface area contributed by atoms with Gasteiger partial charge in [0.1, 0.15) is 17.5 Å². The van der Waals surface area contributed by atoms with Crippen molar-refractivity contribution in [3.05, 3.63) is 92.6 Å². The lowest BCUT2D eigenvalue weighted by Crippen LogP contribution is -2.18. The van der Waals surface area contributed by atoms with Crippen LogP contribution >= 0.6 is 23.2 Å². The maximum absolute atomic E-state index is 11.8. The topological polar surface area (TPSA) is 44.1 Å². The van der Waals surface area contributed by atoms with E-state index in [-0.39, 0.29) is 5.56 Å². The minimum absolute atomic E-state index is 0.0880. The second-order valence-electron chi connectivity index (χ2n) is 5.24. The van der Waals surface area contributed by atoms with Crippen LogP contribution in [0.15, 0.2) is 65.7 Å². The summed E-state index contributed by atoms with van der Waals surface area (Å²) < 4.78 is 7.27. The highest BCUT2D eigenvalue weighted by Crippen LogP contribution is 2.15. The molecule has 0 saturated heterocycles. The van der Waals surface area contributed by atoms with Gasteiger partial charge in [0.2, 0.25) is 0 Å². The summed E-state index contributed by atoms with van der Waals surface area (Å²) in [6, 6.07) is 14.2. The average Bonchev–Trinajstić information content (AvgIpc) is 2.59. The Morgan fingerprint density at radius 2 is 1.71 bits per heavy atom. The third-order valence-corrected chi connectivity index (χ3v) is 3.86. The molecule has 122 valence electrons. The molecule has 2 heterocycles. The standard InChI is InChI=1S/C18H14Cl2N2O2/c19-15-4-8-18(23)22(11-15)10-13-1-5-16(6-2-13)24-12-14-3-7-17(20)21-9-14/h1-9,11H,10,12H2. The molecular formula is C18H14Cl2N2O2. The van der Waals surface area contributed by atoms with Crippen LogP contribution in [0.2, 0.25) is 10.2 Å². The summed E-state index contributed by atoms with van der Waals surface area (Å²) in [7, 11) is 0. The van der Waals surface area contributed by atoms with E-state index in [4.69, 9.17) is 27.9 Å². The molecule has 0 fully saturated rings. The Bertz CT molecular complexity index is 875. The van der Waals surface area contributed by atoms with Crippen LogP contribution in [0.25, 0.3) is 0 Å². The summed E-state index contributed by atoms with van der Waals surface area (Å²) >= 11 is 11.7. The normalized spacial score (nSPS) is 10.6. The van der Waals surface area contributed by atoms with Crippen molar-refractivity contribution in [3.63, 3.8) is 0 Å². The minimum atomic E-state index is -0.0880. The van der Waals surface area contributed by atoms with E-state index in [9.17, 15) is 4.79 Å². The van der Waals surface area contributed by atoms with Crippen LogP contribution in [0.5, 0.6) is 5.75 Å². The third kappa shape index (κ3) is 4.37. The fraction of sp³-hybridized carbons (Fsp3) is 0.111. The fourth-order valence-electron chi connectivity index (χ4n) is 2.17. The van der Waals surface area contributed by atoms with Gasteiger partial charge in [-0.15, -0.1) is 0 Å². The van der Waals surface area contributed by atoms with E-state index >= 15 is 0 Å². The van der Waals surface area contributed by atoms with Crippen LogP contribution < -0.4 is 10.3 Å². The average molecular weight is 361 g/mol. The summed E-state index contributed by atoms with van der Waals surface area (Å²) in [5.74, 6) is 0.743. The van der Waals surface area contributed by atoms with Crippen molar-refractivity contribution in [3.8, 4) is 5.75 Å². The number of halogens is 2. The van der Waals surface area contributed by atoms with Gasteiger partial charge in [0.05, 0.1) is 11.6 Å². The van der Waals surface area contributed by atoms with E-state index in [1.807, 2.05) is 30.3 Å². The van der Waals surface area contributed by atoms with E-state index in [0.29, 0.717) is 23.3 Å². The molecule has 0 spiro atoms. The van der Waals surface area contributed by atoms with E-state index in [2.05, 4.69) is 4.98 Å². The Morgan fingerprint density at radius 3 is 2.42 bits per heavy atom. The lowest BCUT2D eigenvalue weighted by atomic mass is 10.2. The zero-order valence-electron chi connectivity index (χ0n) is 12.7. The highest BCUT2D eigenvalue weighted by atomic mass is 35.5. The molecule has 3 aromatic rings. The second-order valence-corrected chi connectivity index (χ2v) is 6.06. The van der Waals surface area contributed by atoms with Gasteiger partial charge in [-0.05, 0) is 29.8 Å². The molecule has 0 bridgehead atoms. The zero-order chi connectivity index (χ0) is 16.9. The molecule has 0 unspecified atom stereocenters. The van der Waals surface area contributed by atoms with Crippen LogP contribution in [-0.4, -0.2) is 9.55 Å². The lowest BCUT2D eigenvalue weighted by molar-refractivity contribution is 0.305. The number of aromatic nitrogens is 2. The molecule has 0 aliphatic rings. The van der Waals surface area contributed by atoms with Gasteiger partial charge in [0, 0.05) is 24.0 Å². The quantitative estimate of drug-likeness (QED) is 0.641. The van der Waals surface area contributed by atoms with Crippen LogP contribution in [-0.2, 0) is 13.2 Å². The second kappa shape index (κ2) is 7.51. The van der Waals surface area contributed by atoms with Crippen molar-refractivity contribution in [2.75, 3.05) is 0 Å². The first-order valence-corrected chi connectivity index (χ1v) is 8.04. The SMILES string of the molecule is O=c1ccc(Cl)cn1Cc1ccc(OCc2ccc(Cl)nc2)cc1. The van der Waals surface area contributed by atoms with Crippen molar-refractivity contribution in [2.24, 2.45) is 0 Å². The highest BCUT2D eigenvalue weighted by molar-refractivity contribution is 6.30. The van der Waals surface area contributed by atoms with Crippen LogP contribution in [0.1, 0.15) is 11.1 Å². The summed E-state index contributed by atoms with van der Waals surface area (Å²) in [5.41, 5.74) is 1.84. The minimum Gasteiger partial charge on any atom is -0.489 e. The van der Waals surface area contributed by atoms with Crippen molar-refractivity contribution < 1.29 is 4.74 Å². The van der Waals surface area contributed by atoms with E-state index < -0.39 is 0 Å². The van der Waals surface area contributed by atoms with Crippen molar-refractivity contribution in [1.82, 2.24) is 9.55 Å². The molecule has 0 saturated carbocycles. The predicted octanol–water partition coefficient (Wildman–Crippen LogP) is 4.18. The molecule has 3 rings (SSSR count). The Balaban J connectivity index is 1.63. The number of benzene rings is 1. The molecule has 2 aromatic heterocycles. The van der Waals surface area contributed by atoms with Gasteiger partial charge in [0.25, 0.3) is 5.56 Å². The maximum atomic E-state index is 11.8. The smallest absolute Gasteiger partial charge is 0.250 e. The fourth-order valence-corrected chi connectivity index (χ4v) is 2.46. The van der Waals surface area contributed by atoms with Gasteiger partial charge in [0.15, 0.2) is 0 Å². The molecule has 0 radical (unpaired) electrons. The first-order valence-electron chi connectivity index (χ1n) is 7.28. The zero-order valence-corrected chi connectivity index (χ0v) is 14.2. The summed E-state index contributed by atoms with van der Waals surface area (Å²) in [4.78, 5) is 15.8. The van der Waals surface area contributed by atoms with Crippen molar-refractivity contribution in [2.45, 2.75) is 13.2 Å². The third-order valence-electron chi connectivity index (χ3n) is 3.42. The first-order chi connectivity index (χ1) is 11.6. The van der Waals surface area contributed by atoms with E-state index in [1.165, 1.54) is 6.07 Å². The molecule has 0 aliphatic carbocycles. The Labute approximate surface area is 149 Å². The Kier molecular flexibility index (Phi) is 5.18. The van der Waals surface area contributed by atoms with Gasteiger partial charge >= 0.3 is 0 Å². The molecular weight excluding hydrogens is 347 g/mol. The van der Waals surface area contributed by atoms with Gasteiger partial charge in [-0.25, -0.2) is 4.98 Å². The number of rotatable bonds is 5. The highest BCUT2D eigenvalue weighted by Gasteiger charge is 2.01. The van der Waals surface area contributed by atoms with Crippen molar-refractivity contribution in [1.29, 1.82) is 0 Å². The molecule has 0 atom stereocenters. The van der Waals surface area contributed by atoms with Gasteiger partial charge in [-0.2, -0.15) is 0 Å². The molecule has 0 N–H and O–H groups in total. The lowest BCUT2D eigenvalue weighted by Gasteiger charge is -2.09. The van der Waals surface area contributed by atoms with E-state index in [0.717, 1.165) is 16.9 Å². The number of ether oxygens (including phenoxy) is 1. The number of hydrogen-bond donors (Lipinski definition) is 0. The molecule has 1 aromatic carbocycles. The monoisotopic (exact) mass is 360 g/mol. The number of hydrogen-bond acceptors (Lipinski definition) is 3. The molecule has 0 amide bonds. The first kappa shape index (κ1) is 16.6. The Hall–Kier alpha value is -2.30. The van der Waals surface area contributed by atoms with Gasteiger partial charge in [-0.1, -0.05) is 41.4 Å². The summed E-state index contributed by atoms with van der Waals surface area (Å²) in [5, 5.41) is 0.991. The molecule has 6 heteroatoms. The van der Waals surface area contributed by atoms with Crippen LogP contribution in [0.4, 0.5) is 0 Å². The molecule has 24 heavy (non-hydrogen) atoms. The molecule has 4 nitrogen and oxygen atoms in total. The number of nitrogens with zero attached hydrogens (tertiary/aromatic N) is 2. The van der Waals surface area contributed by atoms with E-state index in [1.54, 1.807) is 29.1 Å². The van der Waals surface area contributed by atoms with Gasteiger partial charge in [-0.3, -0.25) is 4.79 Å². The van der Waals surface area contributed by atoms with Crippen LogP contribution in [0.3, 0.4) is 0 Å².